The summed E-state index contributed by atoms with van der Waals surface area (Å²) in [5, 5.41) is 24.1. The number of carbonyl (C=O) groups excluding carboxylic acids is 1. The minimum absolute atomic E-state index is 0.198. The summed E-state index contributed by atoms with van der Waals surface area (Å²) in [6.07, 6.45) is 0. The summed E-state index contributed by atoms with van der Waals surface area (Å²) in [4.78, 5) is 22.5. The zero-order valence-corrected chi connectivity index (χ0v) is 12.8. The van der Waals surface area contributed by atoms with Crippen LogP contribution >= 0.6 is 23.5 Å². The van der Waals surface area contributed by atoms with Crippen LogP contribution in [-0.4, -0.2) is 51.3 Å². The third kappa shape index (κ3) is 4.75. The first kappa shape index (κ1) is 15.8. The molecule has 1 aromatic rings. The van der Waals surface area contributed by atoms with Crippen molar-refractivity contribution in [2.45, 2.75) is 5.25 Å². The predicted molar refractivity (Wildman–Crippen MR) is 85.7 cm³/mol. The van der Waals surface area contributed by atoms with Crippen LogP contribution in [0.1, 0.15) is 10.4 Å². The molecule has 0 aliphatic carbocycles. The maximum Gasteiger partial charge on any atom is 0.339 e. The largest absolute Gasteiger partial charge is 0.507 e. The van der Waals surface area contributed by atoms with E-state index in [0.717, 1.165) is 17.3 Å². The smallest absolute Gasteiger partial charge is 0.339 e. The number of benzene rings is 1. The van der Waals surface area contributed by atoms with Gasteiger partial charge in [0.2, 0.25) is 0 Å². The molecule has 1 aliphatic rings. The van der Waals surface area contributed by atoms with Crippen LogP contribution in [0.4, 0.5) is 10.5 Å². The molecule has 8 heteroatoms. The molecule has 1 fully saturated rings. The summed E-state index contributed by atoms with van der Waals surface area (Å²) in [6, 6.07) is 3.54. The van der Waals surface area contributed by atoms with E-state index in [1.807, 2.05) is 23.5 Å². The van der Waals surface area contributed by atoms with Crippen molar-refractivity contribution in [1.82, 2.24) is 5.32 Å². The Kier molecular flexibility index (Phi) is 5.63. The van der Waals surface area contributed by atoms with Gasteiger partial charge in [-0.25, -0.2) is 9.59 Å². The van der Waals surface area contributed by atoms with E-state index < -0.39 is 5.97 Å². The molecule has 21 heavy (non-hydrogen) atoms. The second kappa shape index (κ2) is 7.46. The van der Waals surface area contributed by atoms with Crippen LogP contribution < -0.4 is 10.6 Å². The molecule has 2 rings (SSSR count). The minimum Gasteiger partial charge on any atom is -0.507 e. The fourth-order valence-electron chi connectivity index (χ4n) is 1.83. The summed E-state index contributed by atoms with van der Waals surface area (Å²) in [7, 11) is 0. The zero-order valence-electron chi connectivity index (χ0n) is 11.2. The van der Waals surface area contributed by atoms with E-state index in [1.54, 1.807) is 0 Å². The lowest BCUT2D eigenvalue weighted by Gasteiger charge is -2.21. The highest BCUT2D eigenvalue weighted by Gasteiger charge is 2.15. The van der Waals surface area contributed by atoms with Crippen LogP contribution in [0.2, 0.25) is 0 Å². The number of carboxylic acids is 1. The fraction of sp³-hybridized carbons (Fsp3) is 0.385. The molecular weight excluding hydrogens is 312 g/mol. The standard InChI is InChI=1S/C13H16N2O4S2/c16-11-5-8(1-2-10(11)12(17)18)15-13(19)14-6-9-7-20-3-4-21-9/h1-2,5,9,16H,3-4,6-7H2,(H,17,18)(H2,14,15,19). The molecule has 4 N–H and O–H groups in total. The lowest BCUT2D eigenvalue weighted by atomic mass is 10.2. The highest BCUT2D eigenvalue weighted by Crippen LogP contribution is 2.24. The van der Waals surface area contributed by atoms with E-state index in [9.17, 15) is 14.7 Å². The number of hydrogen-bond acceptors (Lipinski definition) is 5. The van der Waals surface area contributed by atoms with Crippen molar-refractivity contribution in [2.75, 3.05) is 29.1 Å². The number of anilines is 1. The van der Waals surface area contributed by atoms with Gasteiger partial charge in [0.25, 0.3) is 0 Å². The maximum absolute atomic E-state index is 11.7. The Morgan fingerprint density at radius 1 is 1.33 bits per heavy atom. The molecule has 1 saturated heterocycles. The minimum atomic E-state index is -1.21. The van der Waals surface area contributed by atoms with E-state index in [1.165, 1.54) is 18.2 Å². The van der Waals surface area contributed by atoms with Gasteiger partial charge in [-0.1, -0.05) is 0 Å². The van der Waals surface area contributed by atoms with Gasteiger partial charge >= 0.3 is 12.0 Å². The molecule has 0 spiro atoms. The van der Waals surface area contributed by atoms with Gasteiger partial charge in [0.1, 0.15) is 11.3 Å². The van der Waals surface area contributed by atoms with Crippen LogP contribution in [0.5, 0.6) is 5.75 Å². The van der Waals surface area contributed by atoms with Crippen molar-refractivity contribution in [2.24, 2.45) is 0 Å². The zero-order chi connectivity index (χ0) is 15.2. The van der Waals surface area contributed by atoms with Gasteiger partial charge < -0.3 is 20.8 Å². The predicted octanol–water partition coefficient (Wildman–Crippen LogP) is 2.06. The molecule has 1 atom stereocenters. The Balaban J connectivity index is 1.84. The molecule has 0 bridgehead atoms. The highest BCUT2D eigenvalue weighted by atomic mass is 32.2. The van der Waals surface area contributed by atoms with Gasteiger partial charge in [0.05, 0.1) is 0 Å². The molecule has 1 aliphatic heterocycles. The molecule has 1 unspecified atom stereocenters. The van der Waals surface area contributed by atoms with Gasteiger partial charge in [-0.2, -0.15) is 23.5 Å². The van der Waals surface area contributed by atoms with E-state index in [2.05, 4.69) is 10.6 Å². The summed E-state index contributed by atoms with van der Waals surface area (Å²) in [6.45, 7) is 0.586. The second-order valence-corrected chi connectivity index (χ2v) is 7.00. The number of urea groups is 1. The molecular formula is C13H16N2O4S2. The molecule has 0 aromatic heterocycles. The summed E-state index contributed by atoms with van der Waals surface area (Å²) < 4.78 is 0. The van der Waals surface area contributed by atoms with Gasteiger partial charge in [-0.3, -0.25) is 0 Å². The summed E-state index contributed by atoms with van der Waals surface area (Å²) in [5.74, 6) is 1.69. The number of aromatic hydroxyl groups is 1. The Morgan fingerprint density at radius 3 is 2.76 bits per heavy atom. The average molecular weight is 328 g/mol. The normalized spacial score (nSPS) is 18.0. The molecule has 2 amide bonds. The number of nitrogens with one attached hydrogen (secondary N) is 2. The van der Waals surface area contributed by atoms with Crippen molar-refractivity contribution in [1.29, 1.82) is 0 Å². The summed E-state index contributed by atoms with van der Waals surface area (Å²) in [5.41, 5.74) is 0.150. The van der Waals surface area contributed by atoms with Gasteiger partial charge in [0, 0.05) is 40.8 Å². The van der Waals surface area contributed by atoms with Crippen LogP contribution in [0.15, 0.2) is 18.2 Å². The lowest BCUT2D eigenvalue weighted by molar-refractivity contribution is 0.0694. The highest BCUT2D eigenvalue weighted by molar-refractivity contribution is 8.06. The molecule has 1 heterocycles. The van der Waals surface area contributed by atoms with Crippen LogP contribution in [-0.2, 0) is 0 Å². The van der Waals surface area contributed by atoms with Crippen molar-refractivity contribution in [3.05, 3.63) is 23.8 Å². The van der Waals surface area contributed by atoms with Crippen LogP contribution in [0.25, 0.3) is 0 Å². The Hall–Kier alpha value is -1.54. The van der Waals surface area contributed by atoms with Crippen LogP contribution in [0.3, 0.4) is 0 Å². The van der Waals surface area contributed by atoms with E-state index in [4.69, 9.17) is 5.11 Å². The van der Waals surface area contributed by atoms with Crippen molar-refractivity contribution >= 4 is 41.2 Å². The number of rotatable bonds is 4. The van der Waals surface area contributed by atoms with Crippen molar-refractivity contribution in [3.63, 3.8) is 0 Å². The SMILES string of the molecule is O=C(NCC1CSCCS1)Nc1ccc(C(=O)O)c(O)c1. The second-order valence-electron chi connectivity index (χ2n) is 4.44. The first-order valence-corrected chi connectivity index (χ1v) is 8.57. The number of carboxylic acid groups (broad SMARTS) is 1. The topological polar surface area (TPSA) is 98.7 Å². The van der Waals surface area contributed by atoms with Gasteiger partial charge in [-0.05, 0) is 12.1 Å². The number of amides is 2. The Morgan fingerprint density at radius 2 is 2.14 bits per heavy atom. The third-order valence-corrected chi connectivity index (χ3v) is 5.71. The fourth-order valence-corrected chi connectivity index (χ4v) is 4.44. The van der Waals surface area contributed by atoms with Gasteiger partial charge in [0.15, 0.2) is 0 Å². The number of aromatic carboxylic acids is 1. The van der Waals surface area contributed by atoms with Crippen molar-refractivity contribution < 1.29 is 19.8 Å². The first-order chi connectivity index (χ1) is 10.1. The molecule has 0 saturated carbocycles. The van der Waals surface area contributed by atoms with E-state index in [-0.39, 0.29) is 17.3 Å². The third-order valence-electron chi connectivity index (χ3n) is 2.86. The van der Waals surface area contributed by atoms with E-state index in [0.29, 0.717) is 17.5 Å². The Labute approximate surface area is 130 Å². The number of hydrogen-bond donors (Lipinski definition) is 4. The monoisotopic (exact) mass is 328 g/mol. The number of thioether (sulfide) groups is 2. The Bertz CT molecular complexity index is 533. The quantitative estimate of drug-likeness (QED) is 0.675. The lowest BCUT2D eigenvalue weighted by Crippen LogP contribution is -2.36. The molecule has 1 aromatic carbocycles. The molecule has 6 nitrogen and oxygen atoms in total. The van der Waals surface area contributed by atoms with Crippen LogP contribution in [0, 0.1) is 0 Å². The first-order valence-electron chi connectivity index (χ1n) is 6.37. The molecule has 114 valence electrons. The van der Waals surface area contributed by atoms with E-state index >= 15 is 0 Å². The van der Waals surface area contributed by atoms with Crippen molar-refractivity contribution in [3.8, 4) is 5.75 Å². The average Bonchev–Trinajstić information content (AvgIpc) is 2.46. The number of carbonyl (C=O) groups is 2. The maximum atomic E-state index is 11.7. The van der Waals surface area contributed by atoms with Gasteiger partial charge in [-0.15, -0.1) is 0 Å². The summed E-state index contributed by atoms with van der Waals surface area (Å²) >= 11 is 3.73. The number of phenols is 1. The molecule has 0 radical (unpaired) electrons.